The predicted octanol–water partition coefficient (Wildman–Crippen LogP) is 1.34. The van der Waals surface area contributed by atoms with Crippen LogP contribution in [0.5, 0.6) is 0 Å². The zero-order chi connectivity index (χ0) is 10.7. The van der Waals surface area contributed by atoms with E-state index in [1.807, 2.05) is 18.7 Å². The van der Waals surface area contributed by atoms with Gasteiger partial charge in [-0.05, 0) is 19.1 Å². The van der Waals surface area contributed by atoms with Gasteiger partial charge in [0.15, 0.2) is 0 Å². The van der Waals surface area contributed by atoms with Gasteiger partial charge in [0, 0.05) is 24.1 Å². The number of carbonyl (C=O) groups excluding carboxylic acids is 1. The molecule has 0 radical (unpaired) electrons. The van der Waals surface area contributed by atoms with Gasteiger partial charge in [-0.15, -0.1) is 0 Å². The Morgan fingerprint density at radius 3 is 3.27 bits per heavy atom. The number of hydrogen-bond donors (Lipinski definition) is 2. The highest BCUT2D eigenvalue weighted by Crippen LogP contribution is 2.24. The number of aromatic amines is 1. The third-order valence-electron chi connectivity index (χ3n) is 2.59. The first-order chi connectivity index (χ1) is 7.27. The molecule has 4 nitrogen and oxygen atoms in total. The van der Waals surface area contributed by atoms with Crippen molar-refractivity contribution in [3.63, 3.8) is 0 Å². The Labute approximate surface area is 93.2 Å². The molecule has 0 spiro atoms. The second-order valence-electron chi connectivity index (χ2n) is 3.77. The lowest BCUT2D eigenvalue weighted by Gasteiger charge is -2.14. The lowest BCUT2D eigenvalue weighted by atomic mass is 10.1. The van der Waals surface area contributed by atoms with Crippen LogP contribution in [0.2, 0.25) is 0 Å². The van der Waals surface area contributed by atoms with Crippen LogP contribution in [-0.2, 0) is 4.79 Å². The van der Waals surface area contributed by atoms with Crippen molar-refractivity contribution in [3.8, 4) is 0 Å². The van der Waals surface area contributed by atoms with Gasteiger partial charge in [-0.3, -0.25) is 4.79 Å². The van der Waals surface area contributed by atoms with Gasteiger partial charge in [0.05, 0.1) is 6.04 Å². The minimum Gasteiger partial charge on any atom is -0.347 e. The van der Waals surface area contributed by atoms with Crippen LogP contribution >= 0.6 is 11.8 Å². The molecule has 82 valence electrons. The van der Waals surface area contributed by atoms with Crippen molar-refractivity contribution >= 4 is 17.7 Å². The van der Waals surface area contributed by atoms with E-state index in [-0.39, 0.29) is 17.9 Å². The molecule has 1 aromatic heterocycles. The van der Waals surface area contributed by atoms with E-state index in [0.717, 1.165) is 23.8 Å². The molecule has 15 heavy (non-hydrogen) atoms. The number of thioether (sulfide) groups is 1. The molecule has 1 aliphatic rings. The minimum absolute atomic E-state index is 0.0295. The third kappa shape index (κ3) is 2.53. The first kappa shape index (κ1) is 10.5. The summed E-state index contributed by atoms with van der Waals surface area (Å²) in [5.74, 6) is 3.22. The number of amides is 1. The first-order valence-electron chi connectivity index (χ1n) is 5.15. The van der Waals surface area contributed by atoms with Crippen LogP contribution in [0, 0.1) is 5.92 Å². The number of aromatic nitrogens is 2. The molecule has 2 unspecified atom stereocenters. The van der Waals surface area contributed by atoms with Crippen LogP contribution in [-0.4, -0.2) is 27.4 Å². The Morgan fingerprint density at radius 2 is 2.67 bits per heavy atom. The van der Waals surface area contributed by atoms with E-state index in [0.29, 0.717) is 0 Å². The average molecular weight is 225 g/mol. The second-order valence-corrected chi connectivity index (χ2v) is 4.92. The Hall–Kier alpha value is -0.970. The molecule has 5 heteroatoms. The molecule has 2 rings (SSSR count). The average Bonchev–Trinajstić information content (AvgIpc) is 2.91. The van der Waals surface area contributed by atoms with Crippen LogP contribution in [0.3, 0.4) is 0 Å². The molecular formula is C10H15N3OS. The van der Waals surface area contributed by atoms with Crippen molar-refractivity contribution in [2.75, 3.05) is 11.5 Å². The molecule has 1 saturated heterocycles. The number of imidazole rings is 1. The maximum Gasteiger partial charge on any atom is 0.224 e. The van der Waals surface area contributed by atoms with Gasteiger partial charge in [0.25, 0.3) is 0 Å². The van der Waals surface area contributed by atoms with Gasteiger partial charge >= 0.3 is 0 Å². The maximum atomic E-state index is 11.8. The topological polar surface area (TPSA) is 57.8 Å². The van der Waals surface area contributed by atoms with Gasteiger partial charge in [-0.1, -0.05) is 0 Å². The van der Waals surface area contributed by atoms with E-state index < -0.39 is 0 Å². The lowest BCUT2D eigenvalue weighted by Crippen LogP contribution is -2.33. The molecule has 0 aromatic carbocycles. The summed E-state index contributed by atoms with van der Waals surface area (Å²) in [4.78, 5) is 18.9. The van der Waals surface area contributed by atoms with Crippen molar-refractivity contribution in [2.45, 2.75) is 19.4 Å². The number of nitrogens with zero attached hydrogens (tertiary/aromatic N) is 1. The zero-order valence-electron chi connectivity index (χ0n) is 8.69. The largest absolute Gasteiger partial charge is 0.347 e. The van der Waals surface area contributed by atoms with E-state index >= 15 is 0 Å². The van der Waals surface area contributed by atoms with Gasteiger partial charge in [-0.25, -0.2) is 4.98 Å². The molecule has 0 bridgehead atoms. The van der Waals surface area contributed by atoms with Crippen molar-refractivity contribution in [1.29, 1.82) is 0 Å². The van der Waals surface area contributed by atoms with Crippen molar-refractivity contribution in [3.05, 3.63) is 18.2 Å². The molecule has 1 aliphatic heterocycles. The van der Waals surface area contributed by atoms with Crippen LogP contribution in [0.25, 0.3) is 0 Å². The van der Waals surface area contributed by atoms with E-state index in [2.05, 4.69) is 15.3 Å². The SMILES string of the molecule is CC(NC(=O)C1CCSC1)c1ncc[nH]1. The fourth-order valence-electron chi connectivity index (χ4n) is 1.66. The summed E-state index contributed by atoms with van der Waals surface area (Å²) >= 11 is 1.85. The highest BCUT2D eigenvalue weighted by Gasteiger charge is 2.24. The zero-order valence-corrected chi connectivity index (χ0v) is 9.51. The Kier molecular flexibility index (Phi) is 3.30. The Bertz CT molecular complexity index is 319. The van der Waals surface area contributed by atoms with Gasteiger partial charge in [0.1, 0.15) is 5.82 Å². The van der Waals surface area contributed by atoms with E-state index in [1.165, 1.54) is 0 Å². The highest BCUT2D eigenvalue weighted by molar-refractivity contribution is 7.99. The highest BCUT2D eigenvalue weighted by atomic mass is 32.2. The molecule has 1 aromatic rings. The predicted molar refractivity (Wildman–Crippen MR) is 60.6 cm³/mol. The number of carbonyl (C=O) groups is 1. The molecular weight excluding hydrogens is 210 g/mol. The number of rotatable bonds is 3. The summed E-state index contributed by atoms with van der Waals surface area (Å²) in [7, 11) is 0. The molecule has 0 saturated carbocycles. The third-order valence-corrected chi connectivity index (χ3v) is 3.75. The van der Waals surface area contributed by atoms with Crippen LogP contribution in [0.4, 0.5) is 0 Å². The number of H-pyrrole nitrogens is 1. The summed E-state index contributed by atoms with van der Waals surface area (Å²) in [5, 5.41) is 2.98. The minimum atomic E-state index is -0.0295. The summed E-state index contributed by atoms with van der Waals surface area (Å²) in [5.41, 5.74) is 0. The van der Waals surface area contributed by atoms with E-state index in [1.54, 1.807) is 12.4 Å². The van der Waals surface area contributed by atoms with Crippen LogP contribution in [0.1, 0.15) is 25.2 Å². The van der Waals surface area contributed by atoms with Crippen molar-refractivity contribution < 1.29 is 4.79 Å². The molecule has 2 atom stereocenters. The fraction of sp³-hybridized carbons (Fsp3) is 0.600. The smallest absolute Gasteiger partial charge is 0.224 e. The fourth-order valence-corrected chi connectivity index (χ4v) is 2.88. The molecule has 2 N–H and O–H groups in total. The van der Waals surface area contributed by atoms with Crippen molar-refractivity contribution in [2.24, 2.45) is 5.92 Å². The molecule has 1 fully saturated rings. The van der Waals surface area contributed by atoms with E-state index in [9.17, 15) is 4.79 Å². The number of nitrogens with one attached hydrogen (secondary N) is 2. The molecule has 2 heterocycles. The van der Waals surface area contributed by atoms with Crippen molar-refractivity contribution in [1.82, 2.24) is 15.3 Å². The summed E-state index contributed by atoms with van der Waals surface area (Å²) in [6.45, 7) is 1.94. The van der Waals surface area contributed by atoms with Gasteiger partial charge in [0.2, 0.25) is 5.91 Å². The summed E-state index contributed by atoms with van der Waals surface area (Å²) in [6.07, 6.45) is 4.47. The molecule has 0 aliphatic carbocycles. The molecule has 1 amide bonds. The normalized spacial score (nSPS) is 22.6. The van der Waals surface area contributed by atoms with Crippen LogP contribution < -0.4 is 5.32 Å². The lowest BCUT2D eigenvalue weighted by molar-refractivity contribution is -0.124. The standard InChI is InChI=1S/C10H15N3OS/c1-7(9-11-3-4-12-9)13-10(14)8-2-5-15-6-8/h3-4,7-8H,2,5-6H2,1H3,(H,11,12)(H,13,14). The quantitative estimate of drug-likeness (QED) is 0.816. The second kappa shape index (κ2) is 4.70. The Morgan fingerprint density at radius 1 is 1.80 bits per heavy atom. The number of hydrogen-bond acceptors (Lipinski definition) is 3. The van der Waals surface area contributed by atoms with Gasteiger partial charge in [-0.2, -0.15) is 11.8 Å². The van der Waals surface area contributed by atoms with Crippen LogP contribution in [0.15, 0.2) is 12.4 Å². The monoisotopic (exact) mass is 225 g/mol. The van der Waals surface area contributed by atoms with Gasteiger partial charge < -0.3 is 10.3 Å². The first-order valence-corrected chi connectivity index (χ1v) is 6.30. The maximum absolute atomic E-state index is 11.8. The summed E-state index contributed by atoms with van der Waals surface area (Å²) < 4.78 is 0. The Balaban J connectivity index is 1.88. The summed E-state index contributed by atoms with van der Waals surface area (Å²) in [6, 6.07) is -0.0295. The van der Waals surface area contributed by atoms with E-state index in [4.69, 9.17) is 0 Å².